The molecule has 0 saturated heterocycles. The molecule has 0 bridgehead atoms. The minimum Gasteiger partial charge on any atom is -0.506 e. The number of nitrogens with one attached hydrogen (secondary N) is 1. The average molecular weight is 348 g/mol. The van der Waals surface area contributed by atoms with Gasteiger partial charge in [0.25, 0.3) is 5.91 Å². The molecule has 3 rings (SSSR count). The van der Waals surface area contributed by atoms with E-state index in [0.29, 0.717) is 28.8 Å². The van der Waals surface area contributed by atoms with Gasteiger partial charge in [0, 0.05) is 16.7 Å². The highest BCUT2D eigenvalue weighted by Crippen LogP contribution is 2.32. The fraction of sp³-hybridized carbons (Fsp3) is 0.190. The van der Waals surface area contributed by atoms with E-state index >= 15 is 0 Å². The van der Waals surface area contributed by atoms with E-state index in [2.05, 4.69) is 10.5 Å². The number of hydrogen-bond acceptors (Lipinski definition) is 4. The Morgan fingerprint density at radius 1 is 1.04 bits per heavy atom. The molecule has 26 heavy (non-hydrogen) atoms. The highest BCUT2D eigenvalue weighted by molar-refractivity contribution is 6.35. The Labute approximate surface area is 152 Å². The van der Waals surface area contributed by atoms with Crippen molar-refractivity contribution in [2.45, 2.75) is 20.3 Å². The molecule has 0 unspecified atom stereocenters. The lowest BCUT2D eigenvalue weighted by molar-refractivity contribution is 0.0953. The summed E-state index contributed by atoms with van der Waals surface area (Å²) < 4.78 is 0. The van der Waals surface area contributed by atoms with Gasteiger partial charge in [-0.3, -0.25) is 9.59 Å². The molecule has 0 aliphatic heterocycles. The third-order valence-corrected chi connectivity index (χ3v) is 4.11. The summed E-state index contributed by atoms with van der Waals surface area (Å²) in [6, 6.07) is 15.6. The zero-order valence-electron chi connectivity index (χ0n) is 14.7. The molecule has 1 aliphatic rings. The van der Waals surface area contributed by atoms with E-state index in [9.17, 15) is 14.7 Å². The Morgan fingerprint density at radius 2 is 1.65 bits per heavy atom. The second kappa shape index (κ2) is 7.35. The molecule has 0 aromatic heterocycles. The van der Waals surface area contributed by atoms with E-state index in [1.165, 1.54) is 0 Å². The van der Waals surface area contributed by atoms with Gasteiger partial charge in [-0.15, -0.1) is 0 Å². The van der Waals surface area contributed by atoms with Gasteiger partial charge >= 0.3 is 0 Å². The number of amides is 1. The van der Waals surface area contributed by atoms with Crippen molar-refractivity contribution < 1.29 is 14.7 Å². The maximum absolute atomic E-state index is 12.7. The molecule has 0 radical (unpaired) electrons. The maximum Gasteiger partial charge on any atom is 0.271 e. The second-order valence-corrected chi connectivity index (χ2v) is 6.56. The van der Waals surface area contributed by atoms with E-state index in [-0.39, 0.29) is 28.9 Å². The highest BCUT2D eigenvalue weighted by Gasteiger charge is 2.32. The summed E-state index contributed by atoms with van der Waals surface area (Å²) in [5.74, 6) is -0.528. The van der Waals surface area contributed by atoms with E-state index in [1.54, 1.807) is 48.5 Å². The number of Topliss-reactive ketones (excluding diaryl/α,β-unsaturated/α-hetero) is 1. The van der Waals surface area contributed by atoms with Crippen molar-refractivity contribution in [3.63, 3.8) is 0 Å². The molecule has 0 spiro atoms. The Balaban J connectivity index is 1.93. The van der Waals surface area contributed by atoms with Crippen LogP contribution in [-0.4, -0.2) is 22.5 Å². The van der Waals surface area contributed by atoms with Gasteiger partial charge in [0.05, 0.1) is 11.3 Å². The fourth-order valence-corrected chi connectivity index (χ4v) is 2.89. The number of carbonyl (C=O) groups excluding carboxylic acids is 2. The predicted octanol–water partition coefficient (Wildman–Crippen LogP) is 3.98. The molecule has 0 heterocycles. The van der Waals surface area contributed by atoms with Crippen LogP contribution in [0.4, 0.5) is 0 Å². The smallest absolute Gasteiger partial charge is 0.271 e. The normalized spacial score (nSPS) is 14.0. The Hall–Kier alpha value is -3.21. The van der Waals surface area contributed by atoms with Gasteiger partial charge in [0.2, 0.25) is 0 Å². The monoisotopic (exact) mass is 348 g/mol. The molecule has 2 aromatic carbocycles. The molecule has 0 fully saturated rings. The van der Waals surface area contributed by atoms with Gasteiger partial charge in [-0.1, -0.05) is 56.3 Å². The maximum atomic E-state index is 12.7. The first kappa shape index (κ1) is 17.6. The van der Waals surface area contributed by atoms with Crippen LogP contribution in [0.1, 0.15) is 46.5 Å². The molecule has 1 amide bonds. The summed E-state index contributed by atoms with van der Waals surface area (Å²) in [4.78, 5) is 25.0. The van der Waals surface area contributed by atoms with Crippen molar-refractivity contribution in [2.75, 3.05) is 0 Å². The number of rotatable bonds is 5. The molecular formula is C21H20N2O3. The lowest BCUT2D eigenvalue weighted by Crippen LogP contribution is -2.22. The zero-order chi connectivity index (χ0) is 18.7. The van der Waals surface area contributed by atoms with Gasteiger partial charge in [-0.05, 0) is 24.5 Å². The molecule has 2 aromatic rings. The molecule has 2 N–H and O–H groups in total. The molecule has 1 aliphatic carbocycles. The summed E-state index contributed by atoms with van der Waals surface area (Å²) in [5.41, 5.74) is 4.46. The molecule has 0 atom stereocenters. The number of aliphatic hydroxyl groups excluding tert-OH is 1. The van der Waals surface area contributed by atoms with Crippen LogP contribution in [0, 0.1) is 5.92 Å². The summed E-state index contributed by atoms with van der Waals surface area (Å²) in [6.45, 7) is 3.97. The van der Waals surface area contributed by atoms with Crippen LogP contribution >= 0.6 is 0 Å². The number of nitrogens with zero attached hydrogens (tertiary/aromatic N) is 1. The summed E-state index contributed by atoms with van der Waals surface area (Å²) in [5, 5.41) is 14.7. The largest absolute Gasteiger partial charge is 0.506 e. The average Bonchev–Trinajstić information content (AvgIpc) is 2.90. The Morgan fingerprint density at radius 3 is 2.27 bits per heavy atom. The standard InChI is InChI=1S/C21H20N2O3/c1-13(2)12-17(22-23-21(26)14-8-4-3-5-9-14)18-19(24)15-10-6-7-11-16(15)20(18)25/h3-11,13,24H,12H2,1-2H3,(H,23,26)/b22-17-. The highest BCUT2D eigenvalue weighted by atomic mass is 16.3. The lowest BCUT2D eigenvalue weighted by Gasteiger charge is -2.10. The van der Waals surface area contributed by atoms with Crippen LogP contribution in [0.5, 0.6) is 0 Å². The van der Waals surface area contributed by atoms with Gasteiger partial charge in [-0.25, -0.2) is 5.43 Å². The molecule has 132 valence electrons. The molecule has 5 heteroatoms. The van der Waals surface area contributed by atoms with Crippen molar-refractivity contribution in [2.24, 2.45) is 11.0 Å². The van der Waals surface area contributed by atoms with E-state index < -0.39 is 0 Å². The van der Waals surface area contributed by atoms with Gasteiger partial charge in [-0.2, -0.15) is 5.10 Å². The Kier molecular flexibility index (Phi) is 4.98. The first-order chi connectivity index (χ1) is 12.5. The lowest BCUT2D eigenvalue weighted by atomic mass is 9.98. The quantitative estimate of drug-likeness (QED) is 0.633. The number of allylic oxidation sites excluding steroid dienone is 1. The molecule has 5 nitrogen and oxygen atoms in total. The van der Waals surface area contributed by atoms with Crippen LogP contribution in [-0.2, 0) is 0 Å². The van der Waals surface area contributed by atoms with Crippen LogP contribution in [0.25, 0.3) is 5.76 Å². The van der Waals surface area contributed by atoms with Gasteiger partial charge < -0.3 is 5.11 Å². The third kappa shape index (κ3) is 3.42. The summed E-state index contributed by atoms with van der Waals surface area (Å²) in [7, 11) is 0. The van der Waals surface area contributed by atoms with Crippen molar-refractivity contribution in [1.29, 1.82) is 0 Å². The number of fused-ring (bicyclic) bond motifs is 1. The van der Waals surface area contributed by atoms with Crippen molar-refractivity contribution in [1.82, 2.24) is 5.43 Å². The van der Waals surface area contributed by atoms with E-state index in [0.717, 1.165) is 0 Å². The SMILES string of the molecule is CC(C)C/C(=N/NC(=O)c1ccccc1)C1=C(O)c2ccccc2C1=O. The minimum atomic E-state index is -0.366. The van der Waals surface area contributed by atoms with Gasteiger partial charge in [0.15, 0.2) is 5.78 Å². The van der Waals surface area contributed by atoms with Crippen molar-refractivity contribution in [3.8, 4) is 0 Å². The van der Waals surface area contributed by atoms with Crippen LogP contribution in [0.15, 0.2) is 65.3 Å². The fourth-order valence-electron chi connectivity index (χ4n) is 2.89. The number of benzene rings is 2. The van der Waals surface area contributed by atoms with Gasteiger partial charge in [0.1, 0.15) is 5.76 Å². The number of ketones is 1. The Bertz CT molecular complexity index is 912. The molecule has 0 saturated carbocycles. The first-order valence-corrected chi connectivity index (χ1v) is 8.48. The van der Waals surface area contributed by atoms with Crippen molar-refractivity contribution >= 4 is 23.2 Å². The van der Waals surface area contributed by atoms with Crippen LogP contribution in [0.2, 0.25) is 0 Å². The van der Waals surface area contributed by atoms with E-state index in [4.69, 9.17) is 0 Å². The topological polar surface area (TPSA) is 78.8 Å². The number of carbonyl (C=O) groups is 2. The third-order valence-electron chi connectivity index (χ3n) is 4.11. The number of hydrazone groups is 1. The minimum absolute atomic E-state index is 0.0843. The zero-order valence-corrected chi connectivity index (χ0v) is 14.7. The number of aliphatic hydroxyl groups is 1. The van der Waals surface area contributed by atoms with E-state index in [1.807, 2.05) is 19.9 Å². The van der Waals surface area contributed by atoms with Crippen LogP contribution in [0.3, 0.4) is 0 Å². The molecular weight excluding hydrogens is 328 g/mol. The second-order valence-electron chi connectivity index (χ2n) is 6.56. The predicted molar refractivity (Wildman–Crippen MR) is 101 cm³/mol. The van der Waals surface area contributed by atoms with Crippen molar-refractivity contribution in [3.05, 3.63) is 76.9 Å². The summed E-state index contributed by atoms with van der Waals surface area (Å²) in [6.07, 6.45) is 0.453. The number of hydrogen-bond donors (Lipinski definition) is 2. The first-order valence-electron chi connectivity index (χ1n) is 8.48. The van der Waals surface area contributed by atoms with Crippen LogP contribution < -0.4 is 5.43 Å². The summed E-state index contributed by atoms with van der Waals surface area (Å²) >= 11 is 0.